The molecule has 0 aliphatic heterocycles. The van der Waals surface area contributed by atoms with Crippen molar-refractivity contribution in [3.63, 3.8) is 0 Å². The van der Waals surface area contributed by atoms with E-state index in [-0.39, 0.29) is 0 Å². The molecule has 1 aromatic heterocycles. The van der Waals surface area contributed by atoms with Gasteiger partial charge in [-0.25, -0.2) is 0 Å². The summed E-state index contributed by atoms with van der Waals surface area (Å²) in [4.78, 5) is 2.99. The van der Waals surface area contributed by atoms with Gasteiger partial charge in [-0.15, -0.1) is 0 Å². The molecule has 0 aliphatic carbocycles. The van der Waals surface area contributed by atoms with E-state index in [0.29, 0.717) is 0 Å². The third-order valence-corrected chi connectivity index (χ3v) is 3.07. The Labute approximate surface area is 101 Å². The molecule has 0 bridgehead atoms. The number of aromatic nitrogens is 2. The summed E-state index contributed by atoms with van der Waals surface area (Å²) in [6, 6.07) is 6.32. The Morgan fingerprint density at radius 1 is 1.43 bits per heavy atom. The highest BCUT2D eigenvalue weighted by molar-refractivity contribution is 14.1. The SMILES string of the molecule is Cc1ccc(I)cc1-n1cc[nH]c1=S. The Bertz CT molecular complexity index is 513. The fourth-order valence-corrected chi connectivity index (χ4v) is 2.05. The zero-order chi connectivity index (χ0) is 10.1. The number of hydrogen-bond acceptors (Lipinski definition) is 1. The molecule has 2 rings (SSSR count). The largest absolute Gasteiger partial charge is 0.337 e. The molecule has 0 saturated carbocycles. The molecule has 0 amide bonds. The summed E-state index contributed by atoms with van der Waals surface area (Å²) >= 11 is 7.48. The summed E-state index contributed by atoms with van der Waals surface area (Å²) in [6.45, 7) is 2.08. The molecule has 72 valence electrons. The Hall–Kier alpha value is -0.620. The second-order valence-corrected chi connectivity index (χ2v) is 4.70. The maximum absolute atomic E-state index is 5.18. The van der Waals surface area contributed by atoms with Crippen LogP contribution in [0.4, 0.5) is 0 Å². The summed E-state index contributed by atoms with van der Waals surface area (Å²) in [6.07, 6.45) is 3.79. The lowest BCUT2D eigenvalue weighted by Crippen LogP contribution is -1.95. The minimum Gasteiger partial charge on any atom is -0.337 e. The summed E-state index contributed by atoms with van der Waals surface area (Å²) < 4.78 is 3.92. The molecule has 0 fully saturated rings. The first-order valence-electron chi connectivity index (χ1n) is 4.21. The van der Waals surface area contributed by atoms with Crippen LogP contribution in [-0.2, 0) is 0 Å². The van der Waals surface area contributed by atoms with Crippen LogP contribution in [-0.4, -0.2) is 9.55 Å². The van der Waals surface area contributed by atoms with Gasteiger partial charge >= 0.3 is 0 Å². The van der Waals surface area contributed by atoms with Crippen molar-refractivity contribution in [2.75, 3.05) is 0 Å². The maximum Gasteiger partial charge on any atom is 0.181 e. The zero-order valence-electron chi connectivity index (χ0n) is 7.62. The second kappa shape index (κ2) is 3.86. The highest BCUT2D eigenvalue weighted by atomic mass is 127. The fourth-order valence-electron chi connectivity index (χ4n) is 1.35. The molecule has 2 nitrogen and oxygen atoms in total. The van der Waals surface area contributed by atoms with Crippen LogP contribution in [0.5, 0.6) is 0 Å². The van der Waals surface area contributed by atoms with E-state index in [0.717, 1.165) is 10.5 Å². The van der Waals surface area contributed by atoms with Crippen molar-refractivity contribution in [1.82, 2.24) is 9.55 Å². The van der Waals surface area contributed by atoms with Crippen LogP contribution in [0.25, 0.3) is 5.69 Å². The van der Waals surface area contributed by atoms with Gasteiger partial charge in [-0.1, -0.05) is 6.07 Å². The lowest BCUT2D eigenvalue weighted by Gasteiger charge is -2.06. The van der Waals surface area contributed by atoms with Crippen molar-refractivity contribution in [1.29, 1.82) is 0 Å². The third kappa shape index (κ3) is 1.76. The number of nitrogens with one attached hydrogen (secondary N) is 1. The van der Waals surface area contributed by atoms with Gasteiger partial charge in [0.1, 0.15) is 0 Å². The molecule has 0 saturated heterocycles. The molecule has 1 N–H and O–H groups in total. The molecule has 0 spiro atoms. The second-order valence-electron chi connectivity index (χ2n) is 3.07. The van der Waals surface area contributed by atoms with Crippen molar-refractivity contribution < 1.29 is 0 Å². The van der Waals surface area contributed by atoms with E-state index in [1.165, 1.54) is 9.13 Å². The number of benzene rings is 1. The van der Waals surface area contributed by atoms with Gasteiger partial charge in [0.2, 0.25) is 0 Å². The summed E-state index contributed by atoms with van der Waals surface area (Å²) in [5, 5.41) is 0. The van der Waals surface area contributed by atoms with E-state index in [9.17, 15) is 0 Å². The molecular formula is C10H9IN2S. The molecule has 0 radical (unpaired) electrons. The van der Waals surface area contributed by atoms with Crippen molar-refractivity contribution in [2.24, 2.45) is 0 Å². The Balaban J connectivity index is 2.68. The summed E-state index contributed by atoms with van der Waals surface area (Å²) in [5.74, 6) is 0. The van der Waals surface area contributed by atoms with Gasteiger partial charge in [-0.3, -0.25) is 4.57 Å². The van der Waals surface area contributed by atoms with Gasteiger partial charge in [-0.2, -0.15) is 0 Å². The predicted octanol–water partition coefficient (Wildman–Crippen LogP) is 3.45. The molecule has 0 unspecified atom stereocenters. The number of rotatable bonds is 1. The van der Waals surface area contributed by atoms with E-state index in [4.69, 9.17) is 12.2 Å². The Morgan fingerprint density at radius 2 is 2.21 bits per heavy atom. The van der Waals surface area contributed by atoms with E-state index in [1.54, 1.807) is 0 Å². The van der Waals surface area contributed by atoms with Gasteiger partial charge in [-0.05, 0) is 59.4 Å². The van der Waals surface area contributed by atoms with Crippen molar-refractivity contribution >= 4 is 34.8 Å². The van der Waals surface area contributed by atoms with Crippen LogP contribution < -0.4 is 0 Å². The average molecular weight is 316 g/mol. The summed E-state index contributed by atoms with van der Waals surface area (Å²) in [5.41, 5.74) is 2.37. The minimum absolute atomic E-state index is 0.732. The van der Waals surface area contributed by atoms with Gasteiger partial charge in [0.05, 0.1) is 5.69 Å². The van der Waals surface area contributed by atoms with Crippen LogP contribution in [0.1, 0.15) is 5.56 Å². The number of halogens is 1. The molecule has 1 heterocycles. The quantitative estimate of drug-likeness (QED) is 0.631. The number of H-pyrrole nitrogens is 1. The average Bonchev–Trinajstić information content (AvgIpc) is 2.56. The van der Waals surface area contributed by atoms with E-state index in [1.807, 2.05) is 17.0 Å². The van der Waals surface area contributed by atoms with E-state index in [2.05, 4.69) is 52.7 Å². The highest BCUT2D eigenvalue weighted by Crippen LogP contribution is 2.17. The Kier molecular flexibility index (Phi) is 2.73. The smallest absolute Gasteiger partial charge is 0.181 e. The fraction of sp³-hybridized carbons (Fsp3) is 0.100. The normalized spacial score (nSPS) is 10.4. The standard InChI is InChI=1S/C10H9IN2S/c1-7-2-3-8(11)6-9(7)13-5-4-12-10(13)14/h2-6H,1H3,(H,12,14). The predicted molar refractivity (Wildman–Crippen MR) is 68.4 cm³/mol. The van der Waals surface area contributed by atoms with Crippen molar-refractivity contribution in [2.45, 2.75) is 6.92 Å². The number of aromatic amines is 1. The molecule has 1 aromatic carbocycles. The van der Waals surface area contributed by atoms with Crippen LogP contribution in [0, 0.1) is 15.3 Å². The summed E-state index contributed by atoms with van der Waals surface area (Å²) in [7, 11) is 0. The number of imidazole rings is 1. The number of hydrogen-bond donors (Lipinski definition) is 1. The minimum atomic E-state index is 0.732. The number of aryl methyl sites for hydroxylation is 1. The molecule has 14 heavy (non-hydrogen) atoms. The maximum atomic E-state index is 5.18. The zero-order valence-corrected chi connectivity index (χ0v) is 10.6. The third-order valence-electron chi connectivity index (χ3n) is 2.08. The van der Waals surface area contributed by atoms with E-state index >= 15 is 0 Å². The molecule has 2 aromatic rings. The Morgan fingerprint density at radius 3 is 2.86 bits per heavy atom. The van der Waals surface area contributed by atoms with Crippen LogP contribution in [0.2, 0.25) is 0 Å². The van der Waals surface area contributed by atoms with Crippen LogP contribution in [0.15, 0.2) is 30.6 Å². The van der Waals surface area contributed by atoms with Gasteiger partial charge < -0.3 is 4.98 Å². The van der Waals surface area contributed by atoms with E-state index < -0.39 is 0 Å². The van der Waals surface area contributed by atoms with Crippen LogP contribution in [0.3, 0.4) is 0 Å². The van der Waals surface area contributed by atoms with Gasteiger partial charge in [0.15, 0.2) is 4.77 Å². The molecule has 4 heteroatoms. The first kappa shape index (κ1) is 9.92. The first-order valence-corrected chi connectivity index (χ1v) is 5.70. The lowest BCUT2D eigenvalue weighted by atomic mass is 10.2. The first-order chi connectivity index (χ1) is 6.68. The van der Waals surface area contributed by atoms with Crippen LogP contribution >= 0.6 is 34.8 Å². The number of nitrogens with zero attached hydrogens (tertiary/aromatic N) is 1. The molecule has 0 aliphatic rings. The van der Waals surface area contributed by atoms with Crippen molar-refractivity contribution in [3.8, 4) is 5.69 Å². The highest BCUT2D eigenvalue weighted by Gasteiger charge is 2.01. The molecule has 0 atom stereocenters. The lowest BCUT2D eigenvalue weighted by molar-refractivity contribution is 1.02. The topological polar surface area (TPSA) is 20.7 Å². The van der Waals surface area contributed by atoms with Gasteiger partial charge in [0.25, 0.3) is 0 Å². The van der Waals surface area contributed by atoms with Gasteiger partial charge in [0, 0.05) is 16.0 Å². The monoisotopic (exact) mass is 316 g/mol. The molecular weight excluding hydrogens is 307 g/mol. The van der Waals surface area contributed by atoms with Crippen molar-refractivity contribution in [3.05, 3.63) is 44.5 Å².